The standard InChI is InChI=1S/C18H18N4O2/c1-24-12-8-6-11(7-9-12)22-17-15(16(19)20-10-21-17)13-4-2-3-5-14(13)18(22)23/h6-10H,2-5H2,1H3,(H2,19,20,21). The Kier molecular flexibility index (Phi) is 3.45. The molecule has 0 saturated heterocycles. The van der Waals surface area contributed by atoms with Crippen molar-refractivity contribution in [3.63, 3.8) is 0 Å². The van der Waals surface area contributed by atoms with Gasteiger partial charge in [0.2, 0.25) is 0 Å². The van der Waals surface area contributed by atoms with E-state index in [9.17, 15) is 4.79 Å². The van der Waals surface area contributed by atoms with Crippen LogP contribution in [0.4, 0.5) is 5.82 Å². The summed E-state index contributed by atoms with van der Waals surface area (Å²) in [4.78, 5) is 21.6. The molecule has 0 radical (unpaired) electrons. The van der Waals surface area contributed by atoms with Gasteiger partial charge in [0.15, 0.2) is 5.65 Å². The fourth-order valence-corrected chi connectivity index (χ4v) is 3.47. The van der Waals surface area contributed by atoms with Crippen LogP contribution in [0.25, 0.3) is 16.7 Å². The van der Waals surface area contributed by atoms with E-state index >= 15 is 0 Å². The molecule has 2 N–H and O–H groups in total. The summed E-state index contributed by atoms with van der Waals surface area (Å²) in [5, 5.41) is 0.808. The molecule has 6 heteroatoms. The molecular formula is C18H18N4O2. The van der Waals surface area contributed by atoms with Gasteiger partial charge in [0.25, 0.3) is 5.56 Å². The molecule has 0 aliphatic heterocycles. The lowest BCUT2D eigenvalue weighted by Gasteiger charge is -2.21. The Labute approximate surface area is 138 Å². The Morgan fingerprint density at radius 2 is 1.79 bits per heavy atom. The number of nitrogens with zero attached hydrogens (tertiary/aromatic N) is 3. The molecule has 0 saturated carbocycles. The molecule has 1 aliphatic carbocycles. The Morgan fingerprint density at radius 1 is 1.08 bits per heavy atom. The van der Waals surface area contributed by atoms with Gasteiger partial charge in [0.1, 0.15) is 17.9 Å². The maximum absolute atomic E-state index is 13.1. The van der Waals surface area contributed by atoms with Crippen LogP contribution in [0.3, 0.4) is 0 Å². The van der Waals surface area contributed by atoms with Crippen molar-refractivity contribution in [2.45, 2.75) is 25.7 Å². The predicted octanol–water partition coefficient (Wildman–Crippen LogP) is 2.25. The molecule has 0 unspecified atom stereocenters. The number of methoxy groups -OCH3 is 1. The Balaban J connectivity index is 2.09. The molecular weight excluding hydrogens is 304 g/mol. The quantitative estimate of drug-likeness (QED) is 0.782. The summed E-state index contributed by atoms with van der Waals surface area (Å²) in [6.07, 6.45) is 5.11. The van der Waals surface area contributed by atoms with Crippen molar-refractivity contribution in [3.8, 4) is 11.4 Å². The molecule has 0 spiro atoms. The zero-order valence-electron chi connectivity index (χ0n) is 13.5. The number of nitrogens with two attached hydrogens (primary N) is 1. The third-order valence-electron chi connectivity index (χ3n) is 4.63. The zero-order chi connectivity index (χ0) is 16.7. The van der Waals surface area contributed by atoms with Gasteiger partial charge in [-0.15, -0.1) is 0 Å². The lowest BCUT2D eigenvalue weighted by atomic mass is 9.90. The van der Waals surface area contributed by atoms with Gasteiger partial charge in [-0.3, -0.25) is 9.36 Å². The summed E-state index contributed by atoms with van der Waals surface area (Å²) in [7, 11) is 1.61. The second-order valence-corrected chi connectivity index (χ2v) is 5.96. The van der Waals surface area contributed by atoms with E-state index in [-0.39, 0.29) is 5.56 Å². The van der Waals surface area contributed by atoms with Gasteiger partial charge in [-0.25, -0.2) is 9.97 Å². The first-order valence-electron chi connectivity index (χ1n) is 8.02. The topological polar surface area (TPSA) is 83.0 Å². The van der Waals surface area contributed by atoms with Crippen LogP contribution < -0.4 is 16.0 Å². The van der Waals surface area contributed by atoms with Gasteiger partial charge in [-0.1, -0.05) is 0 Å². The Morgan fingerprint density at radius 3 is 2.50 bits per heavy atom. The van der Waals surface area contributed by atoms with Crippen LogP contribution in [0.2, 0.25) is 0 Å². The number of nitrogen functional groups attached to an aromatic ring is 1. The third kappa shape index (κ3) is 2.14. The molecule has 4 rings (SSSR count). The van der Waals surface area contributed by atoms with E-state index in [1.54, 1.807) is 11.7 Å². The summed E-state index contributed by atoms with van der Waals surface area (Å²) < 4.78 is 6.84. The number of ether oxygens (including phenoxy) is 1. The SMILES string of the molecule is COc1ccc(-n2c(=O)c3c(c4c(N)ncnc42)CCCC3)cc1. The molecule has 0 atom stereocenters. The third-order valence-corrected chi connectivity index (χ3v) is 4.63. The minimum absolute atomic E-state index is 0.0135. The average Bonchev–Trinajstić information content (AvgIpc) is 2.62. The number of hydrogen-bond acceptors (Lipinski definition) is 5. The van der Waals surface area contributed by atoms with Crippen molar-refractivity contribution < 1.29 is 4.74 Å². The number of fused-ring (bicyclic) bond motifs is 3. The van der Waals surface area contributed by atoms with Gasteiger partial charge < -0.3 is 10.5 Å². The number of anilines is 1. The van der Waals surface area contributed by atoms with Crippen LogP contribution in [0.1, 0.15) is 24.0 Å². The minimum Gasteiger partial charge on any atom is -0.497 e. The maximum Gasteiger partial charge on any atom is 0.260 e. The molecule has 0 fully saturated rings. The molecule has 3 aromatic rings. The highest BCUT2D eigenvalue weighted by Crippen LogP contribution is 2.30. The lowest BCUT2D eigenvalue weighted by Crippen LogP contribution is -2.27. The summed E-state index contributed by atoms with van der Waals surface area (Å²) in [5.74, 6) is 1.17. The molecule has 0 amide bonds. The van der Waals surface area contributed by atoms with Gasteiger partial charge in [0, 0.05) is 5.56 Å². The number of aryl methyl sites for hydroxylation is 1. The summed E-state index contributed by atoms with van der Waals surface area (Å²) in [6.45, 7) is 0. The smallest absolute Gasteiger partial charge is 0.260 e. The first kappa shape index (κ1) is 14.7. The second-order valence-electron chi connectivity index (χ2n) is 5.96. The van der Waals surface area contributed by atoms with Crippen molar-refractivity contribution in [1.29, 1.82) is 0 Å². The molecule has 1 aliphatic rings. The Hall–Kier alpha value is -2.89. The van der Waals surface area contributed by atoms with Crippen molar-refractivity contribution >= 4 is 16.9 Å². The molecule has 0 bridgehead atoms. The van der Waals surface area contributed by atoms with Crippen molar-refractivity contribution in [2.75, 3.05) is 12.8 Å². The molecule has 24 heavy (non-hydrogen) atoms. The molecule has 6 nitrogen and oxygen atoms in total. The summed E-state index contributed by atoms with van der Waals surface area (Å²) in [5.41, 5.74) is 9.30. The van der Waals surface area contributed by atoms with Gasteiger partial charge in [-0.2, -0.15) is 0 Å². The highest BCUT2D eigenvalue weighted by molar-refractivity contribution is 5.90. The molecule has 1 aromatic carbocycles. The lowest BCUT2D eigenvalue weighted by molar-refractivity contribution is 0.414. The van der Waals surface area contributed by atoms with Gasteiger partial charge >= 0.3 is 0 Å². The predicted molar refractivity (Wildman–Crippen MR) is 92.7 cm³/mol. The fraction of sp³-hybridized carbons (Fsp3) is 0.278. The monoisotopic (exact) mass is 322 g/mol. The van der Waals surface area contributed by atoms with E-state index in [0.29, 0.717) is 11.5 Å². The number of rotatable bonds is 2. The highest BCUT2D eigenvalue weighted by atomic mass is 16.5. The van der Waals surface area contributed by atoms with E-state index in [1.807, 2.05) is 24.3 Å². The maximum atomic E-state index is 13.1. The second kappa shape index (κ2) is 5.63. The largest absolute Gasteiger partial charge is 0.497 e. The first-order chi connectivity index (χ1) is 11.7. The fourth-order valence-electron chi connectivity index (χ4n) is 3.47. The first-order valence-corrected chi connectivity index (χ1v) is 8.02. The zero-order valence-corrected chi connectivity index (χ0v) is 13.5. The highest BCUT2D eigenvalue weighted by Gasteiger charge is 2.22. The molecule has 122 valence electrons. The van der Waals surface area contributed by atoms with E-state index in [1.165, 1.54) is 6.33 Å². The van der Waals surface area contributed by atoms with Crippen LogP contribution in [-0.2, 0) is 12.8 Å². The van der Waals surface area contributed by atoms with Crippen LogP contribution >= 0.6 is 0 Å². The number of hydrogen-bond donors (Lipinski definition) is 1. The number of benzene rings is 1. The van der Waals surface area contributed by atoms with Crippen LogP contribution in [0, 0.1) is 0 Å². The Bertz CT molecular complexity index is 977. The van der Waals surface area contributed by atoms with E-state index in [4.69, 9.17) is 10.5 Å². The summed E-state index contributed by atoms with van der Waals surface area (Å²) in [6, 6.07) is 7.37. The van der Waals surface area contributed by atoms with E-state index < -0.39 is 0 Å². The molecule has 2 aromatic heterocycles. The van der Waals surface area contributed by atoms with Crippen molar-refractivity contribution in [3.05, 3.63) is 52.1 Å². The normalized spacial score (nSPS) is 13.7. The summed E-state index contributed by atoms with van der Waals surface area (Å²) >= 11 is 0. The van der Waals surface area contributed by atoms with Gasteiger partial charge in [0.05, 0.1) is 18.2 Å². The van der Waals surface area contributed by atoms with Crippen molar-refractivity contribution in [2.24, 2.45) is 0 Å². The number of pyridine rings is 1. The van der Waals surface area contributed by atoms with Gasteiger partial charge in [-0.05, 0) is 55.5 Å². The van der Waals surface area contributed by atoms with Crippen LogP contribution in [0.15, 0.2) is 35.4 Å². The average molecular weight is 322 g/mol. The van der Waals surface area contributed by atoms with E-state index in [0.717, 1.165) is 53.6 Å². The van der Waals surface area contributed by atoms with Crippen LogP contribution in [-0.4, -0.2) is 21.6 Å². The minimum atomic E-state index is -0.0135. The number of aromatic nitrogens is 3. The van der Waals surface area contributed by atoms with Crippen molar-refractivity contribution in [1.82, 2.24) is 14.5 Å². The van der Waals surface area contributed by atoms with E-state index in [2.05, 4.69) is 9.97 Å². The molecule has 2 heterocycles. The van der Waals surface area contributed by atoms with Crippen LogP contribution in [0.5, 0.6) is 5.75 Å².